The maximum Gasteiger partial charge on any atom is 0.330 e. The van der Waals surface area contributed by atoms with E-state index in [1.165, 1.54) is 51.7 Å². The number of hydrogen-bond donors (Lipinski definition) is 1. The summed E-state index contributed by atoms with van der Waals surface area (Å²) in [5, 5.41) is 11.2. The molecule has 2 heterocycles. The Labute approximate surface area is 248 Å². The maximum atomic E-state index is 11.4. The molecule has 2 aliphatic carbocycles. The molecule has 1 N–H and O–H groups in total. The summed E-state index contributed by atoms with van der Waals surface area (Å²) in [6, 6.07) is 0. The molecule has 2 saturated carbocycles. The molecule has 2 unspecified atom stereocenters. The van der Waals surface area contributed by atoms with Crippen molar-refractivity contribution in [1.82, 2.24) is 0 Å². The number of aliphatic hydroxyl groups excluding tert-OH is 1. The van der Waals surface area contributed by atoms with Crippen molar-refractivity contribution in [1.29, 1.82) is 0 Å². The number of aliphatic hydroxyl groups is 1. The molecule has 41 heavy (non-hydrogen) atoms. The maximum absolute atomic E-state index is 11.4. The van der Waals surface area contributed by atoms with E-state index in [1.54, 1.807) is 0 Å². The van der Waals surface area contributed by atoms with Crippen molar-refractivity contribution in [3.05, 3.63) is 24.3 Å². The van der Waals surface area contributed by atoms with Crippen molar-refractivity contribution >= 4 is 5.97 Å². The minimum atomic E-state index is -0.400. The molecule has 0 aromatic rings. The van der Waals surface area contributed by atoms with E-state index < -0.39 is 6.10 Å². The number of carbonyl (C=O) groups is 1. The van der Waals surface area contributed by atoms with E-state index >= 15 is 0 Å². The second-order valence-corrected chi connectivity index (χ2v) is 12.8. The first-order valence-electron chi connectivity index (χ1n) is 16.7. The lowest BCUT2D eigenvalue weighted by molar-refractivity contribution is -0.211. The van der Waals surface area contributed by atoms with Crippen molar-refractivity contribution in [3.63, 3.8) is 0 Å². The van der Waals surface area contributed by atoms with Crippen molar-refractivity contribution in [3.8, 4) is 0 Å². The molecule has 0 aromatic carbocycles. The molecule has 7 nitrogen and oxygen atoms in total. The van der Waals surface area contributed by atoms with Crippen LogP contribution in [-0.2, 0) is 28.5 Å². The van der Waals surface area contributed by atoms with Gasteiger partial charge in [-0.2, -0.15) is 0 Å². The summed E-state index contributed by atoms with van der Waals surface area (Å²) in [6.45, 7) is 3.81. The zero-order chi connectivity index (χ0) is 28.9. The first kappa shape index (κ1) is 32.7. The third-order valence-corrected chi connectivity index (χ3v) is 9.90. The Balaban J connectivity index is 1.47. The van der Waals surface area contributed by atoms with Crippen LogP contribution in [0.1, 0.15) is 116 Å². The predicted octanol–water partition coefficient (Wildman–Crippen LogP) is 7.01. The topological polar surface area (TPSA) is 83.5 Å². The molecule has 0 radical (unpaired) electrons. The molecule has 4 aliphatic rings. The molecular formula is C34H56O7. The van der Waals surface area contributed by atoms with Gasteiger partial charge in [0.05, 0.1) is 25.4 Å². The summed E-state index contributed by atoms with van der Waals surface area (Å²) in [5.41, 5.74) is 0.189. The highest BCUT2D eigenvalue weighted by Gasteiger charge is 2.46. The molecule has 7 atom stereocenters. The molecule has 0 spiro atoms. The molecule has 0 aromatic heterocycles. The van der Waals surface area contributed by atoms with Gasteiger partial charge in [0.25, 0.3) is 0 Å². The van der Waals surface area contributed by atoms with Crippen LogP contribution in [0.15, 0.2) is 24.3 Å². The van der Waals surface area contributed by atoms with Crippen LogP contribution >= 0.6 is 0 Å². The highest BCUT2D eigenvalue weighted by molar-refractivity contribution is 5.81. The van der Waals surface area contributed by atoms with Crippen LogP contribution in [0.3, 0.4) is 0 Å². The van der Waals surface area contributed by atoms with Gasteiger partial charge in [-0.3, -0.25) is 0 Å². The van der Waals surface area contributed by atoms with E-state index in [0.29, 0.717) is 6.42 Å². The number of carbonyl (C=O) groups excluding carboxylic acids is 1. The van der Waals surface area contributed by atoms with Crippen LogP contribution in [0.2, 0.25) is 0 Å². The lowest BCUT2D eigenvalue weighted by atomic mass is 9.62. The van der Waals surface area contributed by atoms with Crippen LogP contribution in [0.5, 0.6) is 0 Å². The van der Waals surface area contributed by atoms with Crippen molar-refractivity contribution in [2.75, 3.05) is 20.3 Å². The summed E-state index contributed by atoms with van der Waals surface area (Å²) in [6.07, 6.45) is 25.3. The molecule has 2 aliphatic heterocycles. The lowest BCUT2D eigenvalue weighted by Crippen LogP contribution is -2.44. The molecule has 234 valence electrons. The standard InChI is InChI=1S/C34H56O7/c1-3-4-20-34(21-13-22-34)30(41-33-17-10-12-24-39-33)19-18-27-26(14-7-5-6-8-15-31(36)37-2)28(35)25-29(27)40-32-16-9-11-23-38-32/h8,15,18-19,26-30,32-33,35H,3-7,9-14,16-17,20-25H2,1-2H3/b15-8+,19-18+/t26-,27-,28+,29-,30-,32?,33?/m1/s1. The average molecular weight is 577 g/mol. The monoisotopic (exact) mass is 576 g/mol. The van der Waals surface area contributed by atoms with Crippen LogP contribution in [0, 0.1) is 17.3 Å². The minimum absolute atomic E-state index is 0.0272. The van der Waals surface area contributed by atoms with Crippen LogP contribution in [0.4, 0.5) is 0 Å². The fourth-order valence-electron chi connectivity index (χ4n) is 7.24. The summed E-state index contributed by atoms with van der Waals surface area (Å²) in [5.74, 6) is -0.0725. The Morgan fingerprint density at radius 2 is 1.78 bits per heavy atom. The lowest BCUT2D eigenvalue weighted by Gasteiger charge is -2.48. The molecule has 4 fully saturated rings. The number of hydrogen-bond acceptors (Lipinski definition) is 7. The van der Waals surface area contributed by atoms with Gasteiger partial charge in [-0.1, -0.05) is 50.8 Å². The first-order valence-corrected chi connectivity index (χ1v) is 16.7. The molecular weight excluding hydrogens is 520 g/mol. The Kier molecular flexibility index (Phi) is 13.7. The van der Waals surface area contributed by atoms with Gasteiger partial charge in [0.15, 0.2) is 12.6 Å². The largest absolute Gasteiger partial charge is 0.466 e. The Hall–Kier alpha value is -1.25. The van der Waals surface area contributed by atoms with E-state index in [-0.39, 0.29) is 48.0 Å². The Bertz CT molecular complexity index is 810. The third-order valence-electron chi connectivity index (χ3n) is 9.90. The Morgan fingerprint density at radius 3 is 2.41 bits per heavy atom. The van der Waals surface area contributed by atoms with Crippen LogP contribution in [0.25, 0.3) is 0 Å². The minimum Gasteiger partial charge on any atom is -0.466 e. The van der Waals surface area contributed by atoms with Gasteiger partial charge in [0.2, 0.25) is 0 Å². The van der Waals surface area contributed by atoms with E-state index in [9.17, 15) is 9.90 Å². The quantitative estimate of drug-likeness (QED) is 0.0915. The highest BCUT2D eigenvalue weighted by atomic mass is 16.7. The van der Waals surface area contributed by atoms with Gasteiger partial charge >= 0.3 is 5.97 Å². The van der Waals surface area contributed by atoms with Crippen molar-refractivity contribution in [2.24, 2.45) is 17.3 Å². The predicted molar refractivity (Wildman–Crippen MR) is 159 cm³/mol. The zero-order valence-corrected chi connectivity index (χ0v) is 25.7. The normalized spacial score (nSPS) is 32.8. The molecule has 0 amide bonds. The molecule has 2 saturated heterocycles. The molecule has 7 heteroatoms. The number of unbranched alkanes of at least 4 members (excludes halogenated alkanes) is 3. The average Bonchev–Trinajstić information content (AvgIpc) is 3.26. The number of ether oxygens (including phenoxy) is 5. The highest BCUT2D eigenvalue weighted by Crippen LogP contribution is 2.50. The second kappa shape index (κ2) is 17.1. The summed E-state index contributed by atoms with van der Waals surface area (Å²) < 4.78 is 30.0. The molecule has 4 rings (SSSR count). The van der Waals surface area contributed by atoms with Crippen LogP contribution < -0.4 is 0 Å². The first-order chi connectivity index (χ1) is 20.0. The fraction of sp³-hybridized carbons (Fsp3) is 0.853. The van der Waals surface area contributed by atoms with Gasteiger partial charge in [-0.05, 0) is 83.0 Å². The van der Waals surface area contributed by atoms with E-state index in [2.05, 4.69) is 23.8 Å². The number of methoxy groups -OCH3 is 1. The van der Waals surface area contributed by atoms with Gasteiger partial charge in [0.1, 0.15) is 0 Å². The van der Waals surface area contributed by atoms with Gasteiger partial charge in [-0.25, -0.2) is 4.79 Å². The Morgan fingerprint density at radius 1 is 1.02 bits per heavy atom. The summed E-state index contributed by atoms with van der Waals surface area (Å²) in [4.78, 5) is 11.4. The third kappa shape index (κ3) is 9.62. The van der Waals surface area contributed by atoms with Crippen molar-refractivity contribution in [2.45, 2.75) is 147 Å². The number of rotatable bonds is 16. The van der Waals surface area contributed by atoms with E-state index in [1.807, 2.05) is 6.08 Å². The van der Waals surface area contributed by atoms with Crippen molar-refractivity contribution < 1.29 is 33.6 Å². The zero-order valence-electron chi connectivity index (χ0n) is 25.7. The fourth-order valence-corrected chi connectivity index (χ4v) is 7.24. The van der Waals surface area contributed by atoms with E-state index in [4.69, 9.17) is 18.9 Å². The number of allylic oxidation sites excluding steroid dienone is 1. The van der Waals surface area contributed by atoms with Gasteiger partial charge in [0, 0.05) is 37.0 Å². The summed E-state index contributed by atoms with van der Waals surface area (Å²) >= 11 is 0. The second-order valence-electron chi connectivity index (χ2n) is 12.8. The van der Waals surface area contributed by atoms with E-state index in [0.717, 1.165) is 77.4 Å². The van der Waals surface area contributed by atoms with Gasteiger partial charge in [-0.15, -0.1) is 0 Å². The molecule has 0 bridgehead atoms. The smallest absolute Gasteiger partial charge is 0.330 e. The summed E-state index contributed by atoms with van der Waals surface area (Å²) in [7, 11) is 1.40. The van der Waals surface area contributed by atoms with Gasteiger partial charge < -0.3 is 28.8 Å². The SMILES string of the molecule is CCCCC1([C@@H](/C=C/[C@@H]2[C@@H](CCCC/C=C/C(=O)OC)[C@@H](O)C[C@H]2OC2CCCCO2)OC2CCCCO2)CCC1. The number of esters is 1. The van der Waals surface area contributed by atoms with Crippen LogP contribution in [-0.4, -0.2) is 62.3 Å².